The molecule has 0 saturated carbocycles. The number of thioether (sulfide) groups is 1. The van der Waals surface area contributed by atoms with Crippen molar-refractivity contribution in [2.45, 2.75) is 62.4 Å². The smallest absolute Gasteiger partial charge is 0.140 e. The van der Waals surface area contributed by atoms with E-state index in [4.69, 9.17) is 4.74 Å². The lowest BCUT2D eigenvalue weighted by atomic mass is 10.1. The van der Waals surface area contributed by atoms with E-state index in [1.54, 1.807) is 0 Å². The molecule has 0 bridgehead atoms. The van der Waals surface area contributed by atoms with Crippen molar-refractivity contribution in [3.63, 3.8) is 0 Å². The Bertz CT molecular complexity index is 479. The van der Waals surface area contributed by atoms with Gasteiger partial charge in [0.25, 0.3) is 0 Å². The lowest BCUT2D eigenvalue weighted by molar-refractivity contribution is 0.127. The van der Waals surface area contributed by atoms with E-state index in [9.17, 15) is 8.78 Å². The Morgan fingerprint density at radius 2 is 1.90 bits per heavy atom. The van der Waals surface area contributed by atoms with E-state index in [1.165, 1.54) is 23.9 Å². The number of rotatable bonds is 4. The summed E-state index contributed by atoms with van der Waals surface area (Å²) >= 11 is 1.25. The quantitative estimate of drug-likeness (QED) is 0.903. The maximum absolute atomic E-state index is 14.2. The van der Waals surface area contributed by atoms with Crippen LogP contribution in [0, 0.1) is 11.6 Å². The molecule has 2 unspecified atom stereocenters. The van der Waals surface area contributed by atoms with Crippen molar-refractivity contribution in [1.82, 2.24) is 5.32 Å². The van der Waals surface area contributed by atoms with E-state index >= 15 is 0 Å². The van der Waals surface area contributed by atoms with Gasteiger partial charge in [0, 0.05) is 23.9 Å². The van der Waals surface area contributed by atoms with Gasteiger partial charge in [0.2, 0.25) is 0 Å². The van der Waals surface area contributed by atoms with Crippen LogP contribution in [0.15, 0.2) is 17.0 Å². The van der Waals surface area contributed by atoms with Crippen LogP contribution < -0.4 is 5.32 Å². The third kappa shape index (κ3) is 4.66. The molecule has 0 aliphatic carbocycles. The fourth-order valence-corrected chi connectivity index (χ4v) is 3.34. The van der Waals surface area contributed by atoms with E-state index in [0.29, 0.717) is 18.7 Å². The summed E-state index contributed by atoms with van der Waals surface area (Å²) in [6, 6.07) is 2.84. The highest BCUT2D eigenvalue weighted by atomic mass is 32.2. The van der Waals surface area contributed by atoms with Gasteiger partial charge in [-0.2, -0.15) is 0 Å². The average molecular weight is 315 g/mol. The first-order valence-corrected chi connectivity index (χ1v) is 8.15. The zero-order chi connectivity index (χ0) is 15.6. The monoisotopic (exact) mass is 315 g/mol. The molecule has 1 aromatic carbocycles. The van der Waals surface area contributed by atoms with Gasteiger partial charge in [-0.05, 0) is 51.8 Å². The van der Waals surface area contributed by atoms with E-state index < -0.39 is 11.6 Å². The minimum atomic E-state index is -0.482. The molecule has 0 aromatic heterocycles. The highest BCUT2D eigenvalue weighted by Gasteiger charge is 2.27. The van der Waals surface area contributed by atoms with Crippen LogP contribution in [0.2, 0.25) is 0 Å². The number of halogens is 2. The second-order valence-corrected chi connectivity index (χ2v) is 7.76. The van der Waals surface area contributed by atoms with Gasteiger partial charge in [-0.25, -0.2) is 8.78 Å². The van der Waals surface area contributed by atoms with E-state index in [1.807, 2.05) is 27.7 Å². The molecule has 0 amide bonds. The van der Waals surface area contributed by atoms with Crippen LogP contribution in [0.1, 0.15) is 39.7 Å². The van der Waals surface area contributed by atoms with Crippen molar-refractivity contribution in [3.8, 4) is 0 Å². The Kier molecular flexibility index (Phi) is 5.28. The normalized spacial score (nSPS) is 22.8. The van der Waals surface area contributed by atoms with Crippen molar-refractivity contribution in [1.29, 1.82) is 0 Å². The first kappa shape index (κ1) is 16.7. The lowest BCUT2D eigenvalue weighted by Gasteiger charge is -2.21. The molecule has 1 fully saturated rings. The Morgan fingerprint density at radius 3 is 2.38 bits per heavy atom. The molecule has 1 aliphatic rings. The Labute approximate surface area is 129 Å². The maximum Gasteiger partial charge on any atom is 0.140 e. The first-order chi connectivity index (χ1) is 9.76. The summed E-state index contributed by atoms with van der Waals surface area (Å²) in [4.78, 5) is 0.108. The zero-order valence-electron chi connectivity index (χ0n) is 13.0. The van der Waals surface area contributed by atoms with Gasteiger partial charge in [-0.15, -0.1) is 11.8 Å². The molecule has 118 valence electrons. The third-order valence-electron chi connectivity index (χ3n) is 3.46. The van der Waals surface area contributed by atoms with Crippen LogP contribution in [-0.2, 0) is 11.3 Å². The molecule has 2 nitrogen and oxygen atoms in total. The third-order valence-corrected chi connectivity index (χ3v) is 5.00. The van der Waals surface area contributed by atoms with E-state index in [0.717, 1.165) is 6.42 Å². The SMILES string of the molecule is CC1OCCC1Sc1c(F)cc(CNC(C)(C)C)cc1F. The molecule has 1 aromatic rings. The number of nitrogens with one attached hydrogen (secondary N) is 1. The van der Waals surface area contributed by atoms with Crippen LogP contribution >= 0.6 is 11.8 Å². The topological polar surface area (TPSA) is 21.3 Å². The maximum atomic E-state index is 14.2. The number of hydrogen-bond donors (Lipinski definition) is 1. The molecule has 2 rings (SSSR count). The Morgan fingerprint density at radius 1 is 1.29 bits per heavy atom. The summed E-state index contributed by atoms with van der Waals surface area (Å²) in [5.41, 5.74) is 0.539. The summed E-state index contributed by atoms with van der Waals surface area (Å²) in [6.07, 6.45) is 0.869. The summed E-state index contributed by atoms with van der Waals surface area (Å²) in [5.74, 6) is -0.963. The molecule has 0 radical (unpaired) electrons. The highest BCUT2D eigenvalue weighted by molar-refractivity contribution is 8.00. The number of ether oxygens (including phenoxy) is 1. The standard InChI is InChI=1S/C16H23F2NOS/c1-10-14(5-6-20-10)21-15-12(17)7-11(8-13(15)18)9-19-16(2,3)4/h7-8,10,14,19H,5-6,9H2,1-4H3. The molecule has 2 atom stereocenters. The lowest BCUT2D eigenvalue weighted by Crippen LogP contribution is -2.35. The van der Waals surface area contributed by atoms with Gasteiger partial charge in [0.15, 0.2) is 0 Å². The average Bonchev–Trinajstić information content (AvgIpc) is 2.76. The first-order valence-electron chi connectivity index (χ1n) is 7.27. The van der Waals surface area contributed by atoms with Crippen molar-refractivity contribution >= 4 is 11.8 Å². The fourth-order valence-electron chi connectivity index (χ4n) is 2.21. The van der Waals surface area contributed by atoms with Gasteiger partial charge in [0.05, 0.1) is 11.0 Å². The predicted octanol–water partition coefficient (Wildman–Crippen LogP) is 4.12. The van der Waals surface area contributed by atoms with Crippen LogP contribution in [-0.4, -0.2) is 23.5 Å². The van der Waals surface area contributed by atoms with E-state index in [2.05, 4.69) is 5.32 Å². The second kappa shape index (κ2) is 6.63. The molecule has 1 heterocycles. The highest BCUT2D eigenvalue weighted by Crippen LogP contribution is 2.36. The fraction of sp³-hybridized carbons (Fsp3) is 0.625. The van der Waals surface area contributed by atoms with Crippen LogP contribution in [0.5, 0.6) is 0 Å². The Hall–Kier alpha value is -0.650. The second-order valence-electron chi connectivity index (χ2n) is 6.51. The van der Waals surface area contributed by atoms with Crippen molar-refractivity contribution in [2.24, 2.45) is 0 Å². The van der Waals surface area contributed by atoms with Crippen molar-refractivity contribution in [2.75, 3.05) is 6.61 Å². The molecule has 21 heavy (non-hydrogen) atoms. The Balaban J connectivity index is 2.10. The molecule has 5 heteroatoms. The minimum absolute atomic E-state index is 0.0380. The number of benzene rings is 1. The van der Waals surface area contributed by atoms with Crippen molar-refractivity contribution < 1.29 is 13.5 Å². The van der Waals surface area contributed by atoms with Gasteiger partial charge >= 0.3 is 0 Å². The molecule has 1 aliphatic heterocycles. The number of hydrogen-bond acceptors (Lipinski definition) is 3. The zero-order valence-corrected chi connectivity index (χ0v) is 13.8. The summed E-state index contributed by atoms with van der Waals surface area (Å²) in [5, 5.41) is 3.35. The van der Waals surface area contributed by atoms with Crippen LogP contribution in [0.25, 0.3) is 0 Å². The largest absolute Gasteiger partial charge is 0.377 e. The molecule has 1 saturated heterocycles. The van der Waals surface area contributed by atoms with Crippen LogP contribution in [0.4, 0.5) is 8.78 Å². The van der Waals surface area contributed by atoms with Crippen LogP contribution in [0.3, 0.4) is 0 Å². The van der Waals surface area contributed by atoms with E-state index in [-0.39, 0.29) is 21.8 Å². The van der Waals surface area contributed by atoms with Crippen molar-refractivity contribution in [3.05, 3.63) is 29.3 Å². The summed E-state index contributed by atoms with van der Waals surface area (Å²) < 4.78 is 33.8. The summed E-state index contributed by atoms with van der Waals surface area (Å²) in [7, 11) is 0. The minimum Gasteiger partial charge on any atom is -0.377 e. The molecular formula is C16H23F2NOS. The molecule has 0 spiro atoms. The van der Waals surface area contributed by atoms with Gasteiger partial charge in [-0.3, -0.25) is 0 Å². The van der Waals surface area contributed by atoms with Gasteiger partial charge < -0.3 is 10.1 Å². The van der Waals surface area contributed by atoms with Gasteiger partial charge in [0.1, 0.15) is 11.6 Å². The van der Waals surface area contributed by atoms with Gasteiger partial charge in [-0.1, -0.05) is 0 Å². The molecule has 1 N–H and O–H groups in total. The summed E-state index contributed by atoms with van der Waals surface area (Å²) in [6.45, 7) is 9.12. The molecular weight excluding hydrogens is 292 g/mol. The predicted molar refractivity (Wildman–Crippen MR) is 82.6 cm³/mol.